The quantitative estimate of drug-likeness (QED) is 0.193. The van der Waals surface area contributed by atoms with Gasteiger partial charge in [-0.1, -0.05) is 26.2 Å². The number of carbonyl (C=O) groups excluding carboxylic acids is 3. The van der Waals surface area contributed by atoms with Crippen LogP contribution in [-0.4, -0.2) is 120 Å². The highest BCUT2D eigenvalue weighted by Gasteiger charge is 2.40. The van der Waals surface area contributed by atoms with Crippen molar-refractivity contribution in [3.05, 3.63) is 12.3 Å². The molecule has 4 rings (SSSR count). The van der Waals surface area contributed by atoms with E-state index in [0.29, 0.717) is 76.2 Å². The molecule has 0 unspecified atom stereocenters. The van der Waals surface area contributed by atoms with Crippen LogP contribution in [0.1, 0.15) is 45.4 Å². The molecule has 12 heteroatoms. The molecule has 3 saturated heterocycles. The van der Waals surface area contributed by atoms with Gasteiger partial charge in [-0.3, -0.25) is 19.6 Å². The topological polar surface area (TPSA) is 123 Å². The lowest BCUT2D eigenvalue weighted by molar-refractivity contribution is -0.158. The number of carbonyl (C=O) groups is 3. The number of amides is 3. The molecule has 3 aliphatic heterocycles. The fourth-order valence-corrected chi connectivity index (χ4v) is 5.52. The van der Waals surface area contributed by atoms with Crippen molar-refractivity contribution in [3.63, 3.8) is 0 Å². The Morgan fingerprint density at radius 3 is 2.61 bits per heavy atom. The SMILES string of the molecule is CCCCC[C@H](CN(O)C=O)C(=O)N1CCC[C@H]1C(=O)N1CCN(c2nccc(N3CCOCC3)n2)CC1. The molecule has 38 heavy (non-hydrogen) atoms. The summed E-state index contributed by atoms with van der Waals surface area (Å²) in [6.07, 6.45) is 6.91. The molecule has 0 aliphatic carbocycles. The number of hydroxylamine groups is 2. The van der Waals surface area contributed by atoms with Crippen molar-refractivity contribution in [2.45, 2.75) is 51.5 Å². The average molecular weight is 532 g/mol. The van der Waals surface area contributed by atoms with Crippen molar-refractivity contribution in [3.8, 4) is 0 Å². The van der Waals surface area contributed by atoms with Crippen LogP contribution in [0.2, 0.25) is 0 Å². The van der Waals surface area contributed by atoms with Crippen molar-refractivity contribution in [2.24, 2.45) is 5.92 Å². The second-order valence-corrected chi connectivity index (χ2v) is 10.2. The lowest BCUT2D eigenvalue weighted by atomic mass is 9.98. The van der Waals surface area contributed by atoms with Gasteiger partial charge in [-0.05, 0) is 25.3 Å². The molecule has 1 N–H and O–H groups in total. The Bertz CT molecular complexity index is 936. The first kappa shape index (κ1) is 28.0. The van der Waals surface area contributed by atoms with Gasteiger partial charge in [0.25, 0.3) is 0 Å². The van der Waals surface area contributed by atoms with Gasteiger partial charge in [-0.15, -0.1) is 0 Å². The first-order valence-electron chi connectivity index (χ1n) is 13.9. The van der Waals surface area contributed by atoms with Gasteiger partial charge in [0.1, 0.15) is 11.9 Å². The average Bonchev–Trinajstić information content (AvgIpc) is 3.46. The Hall–Kier alpha value is -2.99. The highest BCUT2D eigenvalue weighted by molar-refractivity contribution is 5.89. The predicted molar refractivity (Wildman–Crippen MR) is 141 cm³/mol. The van der Waals surface area contributed by atoms with Gasteiger partial charge in [0.05, 0.1) is 25.7 Å². The molecule has 0 spiro atoms. The minimum Gasteiger partial charge on any atom is -0.378 e. The van der Waals surface area contributed by atoms with Crippen LogP contribution in [0, 0.1) is 5.92 Å². The number of piperazine rings is 1. The van der Waals surface area contributed by atoms with Crippen LogP contribution in [-0.2, 0) is 19.1 Å². The Morgan fingerprint density at radius 2 is 1.89 bits per heavy atom. The van der Waals surface area contributed by atoms with Crippen molar-refractivity contribution < 1.29 is 24.3 Å². The summed E-state index contributed by atoms with van der Waals surface area (Å²) in [6.45, 7) is 7.87. The van der Waals surface area contributed by atoms with Gasteiger partial charge >= 0.3 is 0 Å². The fraction of sp³-hybridized carbons (Fsp3) is 0.731. The fourth-order valence-electron chi connectivity index (χ4n) is 5.52. The van der Waals surface area contributed by atoms with E-state index in [1.807, 2.05) is 11.0 Å². The van der Waals surface area contributed by atoms with Crippen molar-refractivity contribution in [2.75, 3.05) is 75.4 Å². The zero-order valence-corrected chi connectivity index (χ0v) is 22.4. The number of nitrogens with zero attached hydrogens (tertiary/aromatic N) is 7. The molecule has 4 heterocycles. The van der Waals surface area contributed by atoms with E-state index in [9.17, 15) is 19.6 Å². The second kappa shape index (κ2) is 13.7. The number of aromatic nitrogens is 2. The molecule has 0 aromatic carbocycles. The molecule has 3 aliphatic rings. The highest BCUT2D eigenvalue weighted by Crippen LogP contribution is 2.25. The smallest absolute Gasteiger partial charge is 0.245 e. The summed E-state index contributed by atoms with van der Waals surface area (Å²) in [6, 6.07) is 1.42. The van der Waals surface area contributed by atoms with E-state index in [1.54, 1.807) is 11.1 Å². The Labute approximate surface area is 224 Å². The third-order valence-electron chi connectivity index (χ3n) is 7.69. The van der Waals surface area contributed by atoms with Gasteiger partial charge in [0.2, 0.25) is 24.2 Å². The minimum atomic E-state index is -0.516. The van der Waals surface area contributed by atoms with Crippen LogP contribution in [0.15, 0.2) is 12.3 Å². The monoisotopic (exact) mass is 531 g/mol. The number of morpholine rings is 1. The maximum Gasteiger partial charge on any atom is 0.245 e. The van der Waals surface area contributed by atoms with E-state index in [2.05, 4.69) is 21.7 Å². The van der Waals surface area contributed by atoms with Gasteiger partial charge < -0.3 is 24.3 Å². The van der Waals surface area contributed by atoms with E-state index in [4.69, 9.17) is 9.72 Å². The number of rotatable bonds is 11. The molecule has 0 radical (unpaired) electrons. The molecule has 0 bridgehead atoms. The number of unbranched alkanes of at least 4 members (excludes halogenated alkanes) is 2. The Kier molecular flexibility index (Phi) is 10.1. The summed E-state index contributed by atoms with van der Waals surface area (Å²) < 4.78 is 5.44. The summed E-state index contributed by atoms with van der Waals surface area (Å²) in [5.74, 6) is 0.864. The molecular formula is C26H41N7O5. The van der Waals surface area contributed by atoms with Crippen LogP contribution < -0.4 is 9.80 Å². The molecule has 1 aromatic heterocycles. The molecule has 210 valence electrons. The summed E-state index contributed by atoms with van der Waals surface area (Å²) in [5.41, 5.74) is 0. The standard InChI is InChI=1S/C26H41N7O5/c1-2-3-4-6-21(19-32(37)20-34)24(35)33-10-5-7-22(33)25(36)30-11-13-31(14-12-30)26-27-9-8-23(28-26)29-15-17-38-18-16-29/h8-9,20-22,37H,2-7,10-19H2,1H3/t21-,22+/m1/s1. The third-order valence-corrected chi connectivity index (χ3v) is 7.69. The summed E-state index contributed by atoms with van der Waals surface area (Å²) in [5, 5.41) is 10.3. The largest absolute Gasteiger partial charge is 0.378 e. The molecule has 2 atom stereocenters. The molecule has 1 aromatic rings. The molecular weight excluding hydrogens is 490 g/mol. The van der Waals surface area contributed by atoms with E-state index >= 15 is 0 Å². The first-order chi connectivity index (χ1) is 18.5. The van der Waals surface area contributed by atoms with Crippen LogP contribution >= 0.6 is 0 Å². The van der Waals surface area contributed by atoms with Crippen LogP contribution in [0.4, 0.5) is 11.8 Å². The molecule has 0 saturated carbocycles. The lowest BCUT2D eigenvalue weighted by Crippen LogP contribution is -2.55. The van der Waals surface area contributed by atoms with Crippen molar-refractivity contribution in [1.29, 1.82) is 0 Å². The molecule has 3 amide bonds. The predicted octanol–water partition coefficient (Wildman–Crippen LogP) is 0.997. The second-order valence-electron chi connectivity index (χ2n) is 10.2. The Balaban J connectivity index is 1.35. The number of hydrogen-bond acceptors (Lipinski definition) is 9. The number of likely N-dealkylation sites (tertiary alicyclic amines) is 1. The van der Waals surface area contributed by atoms with Gasteiger partial charge in [-0.25, -0.2) is 10.0 Å². The lowest BCUT2D eigenvalue weighted by Gasteiger charge is -2.38. The summed E-state index contributed by atoms with van der Waals surface area (Å²) >= 11 is 0. The van der Waals surface area contributed by atoms with Gasteiger partial charge in [-0.2, -0.15) is 4.98 Å². The zero-order valence-electron chi connectivity index (χ0n) is 22.4. The number of anilines is 2. The van der Waals surface area contributed by atoms with E-state index in [0.717, 1.165) is 44.6 Å². The van der Waals surface area contributed by atoms with Crippen LogP contribution in [0.3, 0.4) is 0 Å². The Morgan fingerprint density at radius 1 is 1.13 bits per heavy atom. The van der Waals surface area contributed by atoms with Crippen LogP contribution in [0.5, 0.6) is 0 Å². The maximum absolute atomic E-state index is 13.5. The number of ether oxygens (including phenoxy) is 1. The van der Waals surface area contributed by atoms with Gasteiger partial charge in [0.15, 0.2) is 0 Å². The van der Waals surface area contributed by atoms with E-state index in [-0.39, 0.29) is 18.4 Å². The van der Waals surface area contributed by atoms with Crippen LogP contribution in [0.25, 0.3) is 0 Å². The van der Waals surface area contributed by atoms with Gasteiger partial charge in [0, 0.05) is 52.0 Å². The normalized spacial score (nSPS) is 20.9. The van der Waals surface area contributed by atoms with Crippen molar-refractivity contribution >= 4 is 30.0 Å². The van der Waals surface area contributed by atoms with E-state index < -0.39 is 12.0 Å². The maximum atomic E-state index is 13.5. The first-order valence-corrected chi connectivity index (χ1v) is 13.9. The zero-order chi connectivity index (χ0) is 26.9. The minimum absolute atomic E-state index is 0.0259. The van der Waals surface area contributed by atoms with Crippen molar-refractivity contribution in [1.82, 2.24) is 24.8 Å². The van der Waals surface area contributed by atoms with E-state index in [1.165, 1.54) is 0 Å². The summed E-state index contributed by atoms with van der Waals surface area (Å²) in [7, 11) is 0. The highest BCUT2D eigenvalue weighted by atomic mass is 16.5. The molecule has 3 fully saturated rings. The number of hydrogen-bond donors (Lipinski definition) is 1. The molecule has 12 nitrogen and oxygen atoms in total. The summed E-state index contributed by atoms with van der Waals surface area (Å²) in [4.78, 5) is 55.0. The third kappa shape index (κ3) is 6.90.